The summed E-state index contributed by atoms with van der Waals surface area (Å²) in [5, 5.41) is 9.42. The number of benzene rings is 3. The Bertz CT molecular complexity index is 980. The summed E-state index contributed by atoms with van der Waals surface area (Å²) in [6, 6.07) is 27.8. The van der Waals surface area contributed by atoms with Crippen molar-refractivity contribution in [1.82, 2.24) is 0 Å². The molecule has 0 N–H and O–H groups in total. The van der Waals surface area contributed by atoms with E-state index in [-0.39, 0.29) is 0 Å². The smallest absolute Gasteiger partial charge is 0.0998 e. The maximum Gasteiger partial charge on any atom is 0.0998 e. The van der Waals surface area contributed by atoms with Crippen molar-refractivity contribution in [2.45, 2.75) is 0 Å². The van der Waals surface area contributed by atoms with Crippen LogP contribution in [0.15, 0.2) is 83.3 Å². The Balaban J connectivity index is 1.81. The fourth-order valence-electron chi connectivity index (χ4n) is 2.30. The lowest BCUT2D eigenvalue weighted by atomic mass is 10.0. The Morgan fingerprint density at radius 1 is 0.760 bits per heavy atom. The molecule has 0 amide bonds. The maximum absolute atomic E-state index is 9.42. The van der Waals surface area contributed by atoms with E-state index < -0.39 is 0 Å². The molecule has 3 aromatic rings. The van der Waals surface area contributed by atoms with Crippen molar-refractivity contribution in [3.8, 4) is 17.9 Å². The average molecular weight is 384 g/mol. The molecule has 0 atom stereocenters. The van der Waals surface area contributed by atoms with Crippen LogP contribution in [0.1, 0.15) is 22.3 Å². The van der Waals surface area contributed by atoms with Crippen LogP contribution in [-0.4, -0.2) is 0 Å². The second kappa shape index (κ2) is 8.15. The van der Waals surface area contributed by atoms with Gasteiger partial charge in [0.05, 0.1) is 11.6 Å². The Labute approximate surface area is 156 Å². The molecule has 0 unspecified atom stereocenters. The van der Waals surface area contributed by atoms with Gasteiger partial charge in [-0.3, -0.25) is 0 Å². The first-order chi connectivity index (χ1) is 12.2. The molecule has 0 aliphatic rings. The summed E-state index contributed by atoms with van der Waals surface area (Å²) in [5.74, 6) is 6.29. The molecule has 0 saturated carbocycles. The molecule has 0 aliphatic heterocycles. The minimum Gasteiger partial charge on any atom is -0.192 e. The van der Waals surface area contributed by atoms with E-state index in [9.17, 15) is 5.26 Å². The number of hydrogen-bond donors (Lipinski definition) is 0. The van der Waals surface area contributed by atoms with Gasteiger partial charge in [-0.1, -0.05) is 70.2 Å². The van der Waals surface area contributed by atoms with Gasteiger partial charge >= 0.3 is 0 Å². The molecule has 0 radical (unpaired) electrons. The van der Waals surface area contributed by atoms with Crippen molar-refractivity contribution >= 4 is 27.6 Å². The highest BCUT2D eigenvalue weighted by atomic mass is 79.9. The maximum atomic E-state index is 9.42. The lowest BCUT2D eigenvalue weighted by Crippen LogP contribution is -1.82. The van der Waals surface area contributed by atoms with E-state index in [1.54, 1.807) is 0 Å². The third-order valence-corrected chi connectivity index (χ3v) is 4.15. The molecule has 0 bridgehead atoms. The summed E-state index contributed by atoms with van der Waals surface area (Å²) in [6.45, 7) is 0. The molecule has 0 aliphatic carbocycles. The van der Waals surface area contributed by atoms with Gasteiger partial charge in [-0.05, 0) is 53.6 Å². The molecule has 118 valence electrons. The predicted octanol–water partition coefficient (Wildman–Crippen LogP) is 5.91. The topological polar surface area (TPSA) is 23.8 Å². The van der Waals surface area contributed by atoms with Crippen LogP contribution in [-0.2, 0) is 0 Å². The standard InChI is InChI=1S/C23H14BrN/c24-23-14-12-21(13-15-23)22(17-25)16-20-10-8-19(9-11-20)7-6-18-4-2-1-3-5-18/h1-5,8-16H/b22-16+. The lowest BCUT2D eigenvalue weighted by molar-refractivity contribution is 1.52. The summed E-state index contributed by atoms with van der Waals surface area (Å²) >= 11 is 3.41. The van der Waals surface area contributed by atoms with Gasteiger partial charge in [0.1, 0.15) is 0 Å². The zero-order valence-corrected chi connectivity index (χ0v) is 15.0. The van der Waals surface area contributed by atoms with Crippen LogP contribution in [0.25, 0.3) is 11.6 Å². The molecule has 1 nitrogen and oxygen atoms in total. The van der Waals surface area contributed by atoms with Crippen molar-refractivity contribution < 1.29 is 0 Å². The second-order valence-electron chi connectivity index (χ2n) is 5.41. The molecule has 0 spiro atoms. The predicted molar refractivity (Wildman–Crippen MR) is 106 cm³/mol. The fraction of sp³-hybridized carbons (Fsp3) is 0. The Morgan fingerprint density at radius 2 is 1.36 bits per heavy atom. The van der Waals surface area contributed by atoms with E-state index in [0.29, 0.717) is 5.57 Å². The third-order valence-electron chi connectivity index (χ3n) is 3.62. The van der Waals surface area contributed by atoms with Gasteiger partial charge in [0.25, 0.3) is 0 Å². The number of halogens is 1. The van der Waals surface area contributed by atoms with E-state index in [1.165, 1.54) is 0 Å². The zero-order valence-electron chi connectivity index (χ0n) is 13.4. The number of hydrogen-bond acceptors (Lipinski definition) is 1. The quantitative estimate of drug-likeness (QED) is 0.306. The van der Waals surface area contributed by atoms with Gasteiger partial charge in [-0.25, -0.2) is 0 Å². The van der Waals surface area contributed by atoms with Gasteiger partial charge in [-0.15, -0.1) is 0 Å². The number of nitriles is 1. The van der Waals surface area contributed by atoms with Gasteiger partial charge < -0.3 is 0 Å². The van der Waals surface area contributed by atoms with E-state index in [1.807, 2.05) is 84.9 Å². The monoisotopic (exact) mass is 383 g/mol. The number of nitrogens with zero attached hydrogens (tertiary/aromatic N) is 1. The third kappa shape index (κ3) is 4.70. The molecule has 0 heterocycles. The van der Waals surface area contributed by atoms with Crippen molar-refractivity contribution in [2.75, 3.05) is 0 Å². The highest BCUT2D eigenvalue weighted by molar-refractivity contribution is 9.10. The van der Waals surface area contributed by atoms with Gasteiger partial charge in [-0.2, -0.15) is 5.26 Å². The highest BCUT2D eigenvalue weighted by Crippen LogP contribution is 2.20. The average Bonchev–Trinajstić information content (AvgIpc) is 2.67. The Kier molecular flexibility index (Phi) is 5.47. The zero-order chi connectivity index (χ0) is 17.5. The normalized spacial score (nSPS) is 10.5. The lowest BCUT2D eigenvalue weighted by Gasteiger charge is -2.00. The molecule has 0 aromatic heterocycles. The van der Waals surface area contributed by atoms with Crippen molar-refractivity contribution in [3.63, 3.8) is 0 Å². The summed E-state index contributed by atoms with van der Waals surface area (Å²) in [5.41, 5.74) is 4.45. The molecular weight excluding hydrogens is 370 g/mol. The summed E-state index contributed by atoms with van der Waals surface area (Å²) in [6.07, 6.45) is 1.89. The van der Waals surface area contributed by atoms with Crippen LogP contribution >= 0.6 is 15.9 Å². The first-order valence-electron chi connectivity index (χ1n) is 7.79. The Morgan fingerprint density at radius 3 is 1.96 bits per heavy atom. The number of rotatable bonds is 2. The largest absolute Gasteiger partial charge is 0.192 e. The van der Waals surface area contributed by atoms with Crippen LogP contribution < -0.4 is 0 Å². The second-order valence-corrected chi connectivity index (χ2v) is 6.33. The van der Waals surface area contributed by atoms with E-state index >= 15 is 0 Å². The molecule has 3 aromatic carbocycles. The van der Waals surface area contributed by atoms with Crippen molar-refractivity contribution in [2.24, 2.45) is 0 Å². The van der Waals surface area contributed by atoms with Crippen LogP contribution in [0.4, 0.5) is 0 Å². The summed E-state index contributed by atoms with van der Waals surface area (Å²) in [7, 11) is 0. The van der Waals surface area contributed by atoms with Crippen LogP contribution in [0.2, 0.25) is 0 Å². The fourth-order valence-corrected chi connectivity index (χ4v) is 2.57. The highest BCUT2D eigenvalue weighted by Gasteiger charge is 2.01. The summed E-state index contributed by atoms with van der Waals surface area (Å²) in [4.78, 5) is 0. The molecule has 0 saturated heterocycles. The minimum absolute atomic E-state index is 0.635. The van der Waals surface area contributed by atoms with Crippen molar-refractivity contribution in [3.05, 3.63) is 106 Å². The van der Waals surface area contributed by atoms with E-state index in [2.05, 4.69) is 33.8 Å². The van der Waals surface area contributed by atoms with E-state index in [0.717, 1.165) is 26.7 Å². The van der Waals surface area contributed by atoms with E-state index in [4.69, 9.17) is 0 Å². The van der Waals surface area contributed by atoms with Gasteiger partial charge in [0.2, 0.25) is 0 Å². The van der Waals surface area contributed by atoms with Gasteiger partial charge in [0, 0.05) is 15.6 Å². The first-order valence-corrected chi connectivity index (χ1v) is 8.59. The van der Waals surface area contributed by atoms with Crippen LogP contribution in [0, 0.1) is 23.2 Å². The van der Waals surface area contributed by atoms with Crippen molar-refractivity contribution in [1.29, 1.82) is 5.26 Å². The Hall–Kier alpha value is -3.07. The molecular formula is C23H14BrN. The van der Waals surface area contributed by atoms with Crippen LogP contribution in [0.5, 0.6) is 0 Å². The molecule has 2 heteroatoms. The van der Waals surface area contributed by atoms with Gasteiger partial charge in [0.15, 0.2) is 0 Å². The van der Waals surface area contributed by atoms with Crippen LogP contribution in [0.3, 0.4) is 0 Å². The first kappa shape index (κ1) is 16.8. The SMILES string of the molecule is N#C/C(=C\c1ccc(C#Cc2ccccc2)cc1)c1ccc(Br)cc1. The summed E-state index contributed by atoms with van der Waals surface area (Å²) < 4.78 is 0.995. The molecule has 3 rings (SSSR count). The molecule has 0 fully saturated rings. The minimum atomic E-state index is 0.635. The molecule has 25 heavy (non-hydrogen) atoms. The number of allylic oxidation sites excluding steroid dienone is 1.